The van der Waals surface area contributed by atoms with Crippen LogP contribution < -0.4 is 0 Å². The zero-order valence-electron chi connectivity index (χ0n) is 44.4. The molecule has 0 aliphatic heterocycles. The molecule has 0 atom stereocenters. The van der Waals surface area contributed by atoms with Crippen LogP contribution in [0.25, 0.3) is 99.8 Å². The summed E-state index contributed by atoms with van der Waals surface area (Å²) in [6.07, 6.45) is -19.8. The van der Waals surface area contributed by atoms with Crippen LogP contribution in [-0.4, -0.2) is 23.9 Å². The van der Waals surface area contributed by atoms with Crippen molar-refractivity contribution in [3.05, 3.63) is 163 Å². The van der Waals surface area contributed by atoms with Crippen molar-refractivity contribution in [1.29, 1.82) is 0 Å². The predicted molar refractivity (Wildman–Crippen MR) is 231 cm³/mol. The number of hydrogen-bond acceptors (Lipinski definition) is 3. The molecule has 0 N–H and O–H groups in total. The van der Waals surface area contributed by atoms with Gasteiger partial charge in [0.1, 0.15) is 0 Å². The Morgan fingerprint density at radius 2 is 1.14 bits per heavy atom. The summed E-state index contributed by atoms with van der Waals surface area (Å²) in [4.78, 5) is 14.8. The van der Waals surface area contributed by atoms with Crippen molar-refractivity contribution in [3.8, 4) is 39.9 Å². The summed E-state index contributed by atoms with van der Waals surface area (Å²) in [5, 5.41) is 6.02. The third-order valence-corrected chi connectivity index (χ3v) is 10.7. The Hall–Kier alpha value is -6.85. The van der Waals surface area contributed by atoms with E-state index in [4.69, 9.17) is 31.4 Å². The van der Waals surface area contributed by atoms with Gasteiger partial charge in [-0.1, -0.05) is 146 Å². The second-order valence-electron chi connectivity index (χ2n) is 13.7. The van der Waals surface area contributed by atoms with Gasteiger partial charge in [0.25, 0.3) is 0 Å². The zero-order chi connectivity index (χ0) is 50.1. The van der Waals surface area contributed by atoms with Crippen molar-refractivity contribution in [2.45, 2.75) is 37.8 Å². The molecule has 5 heteroatoms. The largest absolute Gasteiger partial charge is 0.308 e. The lowest BCUT2D eigenvalue weighted by molar-refractivity contribution is 0.443. The Balaban J connectivity index is 1.15. The van der Waals surface area contributed by atoms with Crippen LogP contribution in [0.15, 0.2) is 158 Å². The van der Waals surface area contributed by atoms with Crippen molar-refractivity contribution in [1.82, 2.24) is 23.9 Å². The second-order valence-corrected chi connectivity index (χ2v) is 13.7. The van der Waals surface area contributed by atoms with Gasteiger partial charge in [-0.3, -0.25) is 4.57 Å². The first-order valence-electron chi connectivity index (χ1n) is 25.7. The molecule has 11 aromatic rings. The van der Waals surface area contributed by atoms with Gasteiger partial charge in [-0.25, -0.2) is 4.98 Å². The van der Waals surface area contributed by atoms with E-state index in [-0.39, 0.29) is 11.8 Å². The summed E-state index contributed by atoms with van der Waals surface area (Å²) in [6, 6.07) is 38.7. The molecule has 0 spiro atoms. The van der Waals surface area contributed by atoms with Crippen LogP contribution >= 0.6 is 0 Å². The summed E-state index contributed by atoms with van der Waals surface area (Å²) in [5.41, 5.74) is 4.33. The minimum absolute atomic E-state index is 0.00616. The minimum atomic E-state index is -4.01. The van der Waals surface area contributed by atoms with E-state index in [0.29, 0.717) is 22.2 Å². The molecule has 1 fully saturated rings. The number of para-hydroxylation sites is 4. The van der Waals surface area contributed by atoms with E-state index in [1.807, 2.05) is 78.9 Å². The Labute approximate surface area is 345 Å². The molecule has 0 unspecified atom stereocenters. The van der Waals surface area contributed by atoms with Crippen LogP contribution in [-0.2, 0) is 0 Å². The maximum absolute atomic E-state index is 9.69. The molecule has 5 nitrogen and oxygen atoms in total. The monoisotopic (exact) mass is 734 g/mol. The highest BCUT2D eigenvalue weighted by Gasteiger charge is 2.22. The van der Waals surface area contributed by atoms with Crippen molar-refractivity contribution >= 4 is 59.9 Å². The normalized spacial score (nSPS) is 23.0. The minimum Gasteiger partial charge on any atom is -0.308 e. The van der Waals surface area contributed by atoms with E-state index in [1.54, 1.807) is 16.7 Å². The van der Waals surface area contributed by atoms with Gasteiger partial charge in [0.15, 0.2) is 11.6 Å². The van der Waals surface area contributed by atoms with Gasteiger partial charge in [-0.2, -0.15) is 9.97 Å². The van der Waals surface area contributed by atoms with Gasteiger partial charge in [-0.05, 0) is 65.6 Å². The fraction of sp³-hybridized carbons (Fsp3) is 0.118. The molecule has 4 aromatic heterocycles. The summed E-state index contributed by atoms with van der Waals surface area (Å²) >= 11 is 0. The average molecular weight is 735 g/mol. The van der Waals surface area contributed by atoms with Crippen LogP contribution in [0, 0.1) is 0 Å². The highest BCUT2D eigenvalue weighted by molar-refractivity contribution is 6.23. The molecule has 1 aliphatic carbocycles. The van der Waals surface area contributed by atoms with E-state index < -0.39 is 78.9 Å². The summed E-state index contributed by atoms with van der Waals surface area (Å²) in [5.74, 6) is -4.42. The van der Waals surface area contributed by atoms with Crippen molar-refractivity contribution in [2.75, 3.05) is 0 Å². The maximum Gasteiger partial charge on any atom is 0.238 e. The fourth-order valence-corrected chi connectivity index (χ4v) is 8.32. The molecule has 7 aromatic carbocycles. The lowest BCUT2D eigenvalue weighted by Crippen LogP contribution is -2.07. The van der Waals surface area contributed by atoms with Crippen molar-refractivity contribution < 1.29 is 20.6 Å². The molecule has 56 heavy (non-hydrogen) atoms. The lowest BCUT2D eigenvalue weighted by Gasteiger charge is -2.22. The number of benzene rings is 7. The van der Waals surface area contributed by atoms with Gasteiger partial charge in [0, 0.05) is 58.5 Å². The van der Waals surface area contributed by atoms with Crippen LogP contribution in [0.5, 0.6) is 0 Å². The quantitative estimate of drug-likeness (QED) is 0.177. The lowest BCUT2D eigenvalue weighted by atomic mass is 9.83. The van der Waals surface area contributed by atoms with Crippen molar-refractivity contribution in [3.63, 3.8) is 0 Å². The topological polar surface area (TPSA) is 48.0 Å². The third kappa shape index (κ3) is 4.70. The molecular weight excluding hydrogens is 683 g/mol. The highest BCUT2D eigenvalue weighted by atomic mass is 15.2. The predicted octanol–water partition coefficient (Wildman–Crippen LogP) is 13.2. The number of rotatable bonds is 5. The highest BCUT2D eigenvalue weighted by Crippen LogP contribution is 2.42. The van der Waals surface area contributed by atoms with E-state index in [0.717, 1.165) is 54.4 Å². The van der Waals surface area contributed by atoms with Crippen molar-refractivity contribution in [2.24, 2.45) is 0 Å². The van der Waals surface area contributed by atoms with Crippen LogP contribution in [0.3, 0.4) is 0 Å². The Kier molecular flexibility index (Phi) is 4.44. The molecule has 266 valence electrons. The zero-order valence-corrected chi connectivity index (χ0v) is 29.4. The van der Waals surface area contributed by atoms with Crippen LogP contribution in [0.4, 0.5) is 0 Å². The molecule has 1 aliphatic rings. The standard InChI is InChI=1S/C51H37N5/c1-2-14-32(15-3-1)33-16-12-17-35(30-33)49-52-50(54-51(53-49)56-45-26-10-6-19-37(45)38-20-7-11-27-46(38)56)43-22-5-4-18-36(43)34-28-29-40-42-24-13-23-41-39-21-8-9-25-44(39)55(48(41)42)47(40)31-34/h4-13,16-32H,1-3,14-15H2/i1D2,2D2,3D2,12D,14D2,15D2,16D,17D,30D,32D. The fourth-order valence-electron chi connectivity index (χ4n) is 8.32. The first-order valence-corrected chi connectivity index (χ1v) is 18.2. The number of aromatic nitrogens is 5. The van der Waals surface area contributed by atoms with Gasteiger partial charge in [-0.15, -0.1) is 0 Å². The van der Waals surface area contributed by atoms with Gasteiger partial charge >= 0.3 is 0 Å². The Morgan fingerprint density at radius 3 is 1.89 bits per heavy atom. The van der Waals surface area contributed by atoms with Gasteiger partial charge in [0.05, 0.1) is 33.1 Å². The molecule has 0 saturated heterocycles. The van der Waals surface area contributed by atoms with E-state index in [2.05, 4.69) is 46.9 Å². The van der Waals surface area contributed by atoms with E-state index in [9.17, 15) is 4.11 Å². The van der Waals surface area contributed by atoms with E-state index in [1.165, 1.54) is 0 Å². The smallest absolute Gasteiger partial charge is 0.238 e. The summed E-state index contributed by atoms with van der Waals surface area (Å²) < 4.78 is 138. The molecule has 0 radical (unpaired) electrons. The number of nitrogens with zero attached hydrogens (tertiary/aromatic N) is 5. The van der Waals surface area contributed by atoms with Crippen LogP contribution in [0.2, 0.25) is 0 Å². The third-order valence-electron chi connectivity index (χ3n) is 10.7. The molecule has 4 heterocycles. The molecule has 1 saturated carbocycles. The first kappa shape index (κ1) is 20.2. The maximum atomic E-state index is 9.69. The van der Waals surface area contributed by atoms with Gasteiger partial charge < -0.3 is 4.40 Å². The molecule has 0 bridgehead atoms. The SMILES string of the molecule is [2H]c1c([2H])c(-c2nc(-c3ccccc3-c3ccc4c5cccc6c7ccccc7n(c4c3)c65)nc(-n3c4ccccc4c4ccccc43)n2)c([2H])c(C2([2H])C([2H])([2H])C([2H])([2H])C([2H])([2H])C([2H])([2H])C2([2H])[2H])c1[2H]. The molecule has 0 amide bonds. The number of hydrogen-bond donors (Lipinski definition) is 0. The average Bonchev–Trinajstić information content (AvgIpc) is 4.00. The Bertz CT molecular complexity index is 4000. The molecule has 12 rings (SSSR count). The van der Waals surface area contributed by atoms with Gasteiger partial charge in [0.2, 0.25) is 5.95 Å². The second kappa shape index (κ2) is 12.3. The number of fused-ring (bicyclic) bond motifs is 9. The van der Waals surface area contributed by atoms with Crippen LogP contribution in [0.1, 0.15) is 63.9 Å². The summed E-state index contributed by atoms with van der Waals surface area (Å²) in [6.45, 7) is 0. The summed E-state index contributed by atoms with van der Waals surface area (Å²) in [7, 11) is 0. The molecular formula is C51H37N5. The Morgan fingerprint density at radius 1 is 0.536 bits per heavy atom. The first-order chi connectivity index (χ1) is 33.6. The van der Waals surface area contributed by atoms with E-state index >= 15 is 0 Å².